The molecule has 7 nitrogen and oxygen atoms in total. The van der Waals surface area contributed by atoms with Crippen LogP contribution in [0.3, 0.4) is 0 Å². The number of benzene rings is 1. The number of hydrogen-bond acceptors (Lipinski definition) is 5. The standard InChI is InChI=1S/C16H24N2O3.C2HF3O2/c1-11(2)9-13(17)15(19)18-14(16(20)21-3)10-12-7-5-4-6-8-12;3-2(4,5)1(6)7/h4-8,11,13-14H,9-10,17H2,1-3H3,(H,18,19);(H,6,7)/t13-,14-;/m0./s1. The van der Waals surface area contributed by atoms with E-state index in [1.807, 2.05) is 44.2 Å². The summed E-state index contributed by atoms with van der Waals surface area (Å²) in [5, 5.41) is 9.81. The van der Waals surface area contributed by atoms with Gasteiger partial charge >= 0.3 is 18.1 Å². The number of alkyl halides is 3. The largest absolute Gasteiger partial charge is 0.490 e. The third-order valence-corrected chi connectivity index (χ3v) is 3.39. The third kappa shape index (κ3) is 10.5. The van der Waals surface area contributed by atoms with Crippen LogP contribution in [-0.4, -0.2) is 48.3 Å². The molecule has 0 radical (unpaired) electrons. The van der Waals surface area contributed by atoms with Gasteiger partial charge in [0.15, 0.2) is 0 Å². The topological polar surface area (TPSA) is 119 Å². The lowest BCUT2D eigenvalue weighted by molar-refractivity contribution is -0.192. The van der Waals surface area contributed by atoms with Crippen LogP contribution in [-0.2, 0) is 25.5 Å². The van der Waals surface area contributed by atoms with Crippen molar-refractivity contribution in [3.8, 4) is 0 Å². The number of halogens is 3. The third-order valence-electron chi connectivity index (χ3n) is 3.39. The van der Waals surface area contributed by atoms with Gasteiger partial charge in [0.2, 0.25) is 5.91 Å². The van der Waals surface area contributed by atoms with Gasteiger partial charge in [0.1, 0.15) is 6.04 Å². The zero-order valence-corrected chi connectivity index (χ0v) is 15.8. The first-order chi connectivity index (χ1) is 12.9. The molecular formula is C18H25F3N2O5. The van der Waals surface area contributed by atoms with Crippen molar-refractivity contribution in [2.24, 2.45) is 11.7 Å². The minimum absolute atomic E-state index is 0.316. The smallest absolute Gasteiger partial charge is 0.475 e. The number of esters is 1. The Morgan fingerprint density at radius 3 is 2.07 bits per heavy atom. The van der Waals surface area contributed by atoms with Crippen molar-refractivity contribution in [2.45, 2.75) is 44.9 Å². The van der Waals surface area contributed by atoms with Crippen LogP contribution in [0, 0.1) is 5.92 Å². The van der Waals surface area contributed by atoms with Crippen LogP contribution in [0.5, 0.6) is 0 Å². The maximum absolute atomic E-state index is 12.1. The number of rotatable bonds is 7. The molecule has 0 unspecified atom stereocenters. The first-order valence-corrected chi connectivity index (χ1v) is 8.36. The summed E-state index contributed by atoms with van der Waals surface area (Å²) < 4.78 is 36.5. The van der Waals surface area contributed by atoms with Gasteiger partial charge < -0.3 is 20.9 Å². The molecule has 1 amide bonds. The molecule has 0 aliphatic heterocycles. The molecule has 0 bridgehead atoms. The number of ether oxygens (including phenoxy) is 1. The van der Waals surface area contributed by atoms with E-state index in [-0.39, 0.29) is 5.91 Å². The van der Waals surface area contributed by atoms with Crippen LogP contribution in [0.15, 0.2) is 30.3 Å². The predicted molar refractivity (Wildman–Crippen MR) is 95.2 cm³/mol. The molecule has 28 heavy (non-hydrogen) atoms. The summed E-state index contributed by atoms with van der Waals surface area (Å²) in [4.78, 5) is 32.8. The zero-order chi connectivity index (χ0) is 21.9. The fraction of sp³-hybridized carbons (Fsp3) is 0.500. The van der Waals surface area contributed by atoms with Crippen LogP contribution in [0.4, 0.5) is 13.2 Å². The second-order valence-electron chi connectivity index (χ2n) is 6.31. The summed E-state index contributed by atoms with van der Waals surface area (Å²) in [5.74, 6) is -3.23. The number of aliphatic carboxylic acids is 1. The van der Waals surface area contributed by atoms with Crippen molar-refractivity contribution in [2.75, 3.05) is 7.11 Å². The molecule has 0 aliphatic rings. The van der Waals surface area contributed by atoms with E-state index >= 15 is 0 Å². The normalized spacial score (nSPS) is 13.0. The summed E-state index contributed by atoms with van der Waals surface area (Å²) in [6.45, 7) is 3.99. The predicted octanol–water partition coefficient (Wildman–Crippen LogP) is 1.89. The number of carboxylic acid groups (broad SMARTS) is 1. The molecule has 1 aromatic rings. The van der Waals surface area contributed by atoms with Crippen LogP contribution >= 0.6 is 0 Å². The first-order valence-electron chi connectivity index (χ1n) is 8.36. The van der Waals surface area contributed by atoms with E-state index in [0.717, 1.165) is 5.56 Å². The van der Waals surface area contributed by atoms with E-state index in [4.69, 9.17) is 20.4 Å². The van der Waals surface area contributed by atoms with Gasteiger partial charge in [-0.3, -0.25) is 4.79 Å². The van der Waals surface area contributed by atoms with Gasteiger partial charge in [0.25, 0.3) is 0 Å². The van der Waals surface area contributed by atoms with Crippen molar-refractivity contribution >= 4 is 17.8 Å². The fourth-order valence-corrected chi connectivity index (χ4v) is 2.08. The van der Waals surface area contributed by atoms with Gasteiger partial charge in [-0.25, -0.2) is 9.59 Å². The maximum atomic E-state index is 12.1. The van der Waals surface area contributed by atoms with Crippen LogP contribution in [0.25, 0.3) is 0 Å². The molecule has 0 saturated heterocycles. The minimum atomic E-state index is -5.08. The molecule has 1 aromatic carbocycles. The lowest BCUT2D eigenvalue weighted by Crippen LogP contribution is -2.50. The Hall–Kier alpha value is -2.62. The number of nitrogens with two attached hydrogens (primary N) is 1. The summed E-state index contributed by atoms with van der Waals surface area (Å²) in [7, 11) is 1.31. The maximum Gasteiger partial charge on any atom is 0.490 e. The Morgan fingerprint density at radius 1 is 1.18 bits per heavy atom. The molecule has 158 valence electrons. The number of carbonyl (C=O) groups is 3. The Morgan fingerprint density at radius 2 is 1.68 bits per heavy atom. The fourth-order valence-electron chi connectivity index (χ4n) is 2.08. The summed E-state index contributed by atoms with van der Waals surface area (Å²) in [6.07, 6.45) is -4.13. The first kappa shape index (κ1) is 25.4. The van der Waals surface area contributed by atoms with Crippen LogP contribution in [0.1, 0.15) is 25.8 Å². The highest BCUT2D eigenvalue weighted by atomic mass is 19.4. The van der Waals surface area contributed by atoms with Gasteiger partial charge in [-0.1, -0.05) is 44.2 Å². The Labute approximate surface area is 161 Å². The molecule has 0 aromatic heterocycles. The van der Waals surface area contributed by atoms with E-state index in [1.165, 1.54) is 7.11 Å². The molecule has 10 heteroatoms. The number of methoxy groups -OCH3 is 1. The van der Waals surface area contributed by atoms with Crippen molar-refractivity contribution in [1.82, 2.24) is 5.32 Å². The zero-order valence-electron chi connectivity index (χ0n) is 15.8. The second-order valence-corrected chi connectivity index (χ2v) is 6.31. The van der Waals surface area contributed by atoms with E-state index in [1.54, 1.807) is 0 Å². The van der Waals surface area contributed by atoms with Crippen LogP contribution < -0.4 is 11.1 Å². The lowest BCUT2D eigenvalue weighted by atomic mass is 10.0. The number of amides is 1. The van der Waals surface area contributed by atoms with Crippen molar-refractivity contribution in [3.05, 3.63) is 35.9 Å². The minimum Gasteiger partial charge on any atom is -0.475 e. The molecular weight excluding hydrogens is 381 g/mol. The number of carboxylic acids is 1. The molecule has 1 rings (SSSR count). The summed E-state index contributed by atoms with van der Waals surface area (Å²) in [5.41, 5.74) is 6.79. The van der Waals surface area contributed by atoms with Gasteiger partial charge in [0.05, 0.1) is 13.2 Å². The van der Waals surface area contributed by atoms with Crippen LogP contribution in [0.2, 0.25) is 0 Å². The van der Waals surface area contributed by atoms with Gasteiger partial charge in [-0.2, -0.15) is 13.2 Å². The highest BCUT2D eigenvalue weighted by Crippen LogP contribution is 2.13. The Kier molecular flexibility index (Phi) is 10.8. The molecule has 0 spiro atoms. The molecule has 0 saturated carbocycles. The number of carbonyl (C=O) groups excluding carboxylic acids is 2. The van der Waals surface area contributed by atoms with Crippen molar-refractivity contribution < 1.29 is 37.4 Å². The number of nitrogens with one attached hydrogen (secondary N) is 1. The highest BCUT2D eigenvalue weighted by molar-refractivity contribution is 5.87. The molecule has 2 atom stereocenters. The van der Waals surface area contributed by atoms with Crippen molar-refractivity contribution in [3.63, 3.8) is 0 Å². The average Bonchev–Trinajstić information content (AvgIpc) is 2.60. The Bertz CT molecular complexity index is 636. The summed E-state index contributed by atoms with van der Waals surface area (Å²) in [6, 6.07) is 8.13. The molecule has 0 fully saturated rings. The molecule has 0 heterocycles. The SMILES string of the molecule is COC(=O)[C@H](Cc1ccccc1)NC(=O)[C@@H](N)CC(C)C.O=C(O)C(F)(F)F. The molecule has 0 aliphatic carbocycles. The van der Waals surface area contributed by atoms with Gasteiger partial charge in [0, 0.05) is 6.42 Å². The Balaban J connectivity index is 0.000000887. The highest BCUT2D eigenvalue weighted by Gasteiger charge is 2.38. The van der Waals surface area contributed by atoms with E-state index in [2.05, 4.69) is 5.32 Å². The summed E-state index contributed by atoms with van der Waals surface area (Å²) >= 11 is 0. The van der Waals surface area contributed by atoms with E-state index in [0.29, 0.717) is 18.8 Å². The second kappa shape index (κ2) is 12.0. The molecule has 4 N–H and O–H groups in total. The number of hydrogen-bond donors (Lipinski definition) is 3. The van der Waals surface area contributed by atoms with Gasteiger partial charge in [-0.15, -0.1) is 0 Å². The van der Waals surface area contributed by atoms with Gasteiger partial charge in [-0.05, 0) is 17.9 Å². The average molecular weight is 406 g/mol. The van der Waals surface area contributed by atoms with Crippen molar-refractivity contribution in [1.29, 1.82) is 0 Å². The van der Waals surface area contributed by atoms with E-state index < -0.39 is 30.2 Å². The lowest BCUT2D eigenvalue weighted by Gasteiger charge is -2.20. The van der Waals surface area contributed by atoms with E-state index in [9.17, 15) is 22.8 Å². The monoisotopic (exact) mass is 406 g/mol. The quantitative estimate of drug-likeness (QED) is 0.595.